The molecule has 1 rings (SSSR count). The molecule has 1 aromatic rings. The second kappa shape index (κ2) is 5.03. The first-order valence-electron chi connectivity index (χ1n) is 4.85. The zero-order chi connectivity index (χ0) is 12.3. The Morgan fingerprint density at radius 3 is 2.56 bits per heavy atom. The van der Waals surface area contributed by atoms with Crippen molar-refractivity contribution < 1.29 is 18.7 Å². The normalized spacial score (nSPS) is 14.5. The largest absolute Gasteiger partial charge is 0.481 e. The lowest BCUT2D eigenvalue weighted by Gasteiger charge is -2.14. The molecule has 88 valence electrons. The van der Waals surface area contributed by atoms with Gasteiger partial charge in [-0.15, -0.1) is 0 Å². The first-order valence-corrected chi connectivity index (χ1v) is 4.85. The molecule has 0 heterocycles. The van der Waals surface area contributed by atoms with E-state index in [1.54, 1.807) is 0 Å². The van der Waals surface area contributed by atoms with Crippen LogP contribution in [0.3, 0.4) is 0 Å². The topological polar surface area (TPSA) is 63.3 Å². The number of carboxylic acid groups (broad SMARTS) is 1. The zero-order valence-corrected chi connectivity index (χ0v) is 8.78. The average Bonchev–Trinajstić information content (AvgIpc) is 2.21. The van der Waals surface area contributed by atoms with Gasteiger partial charge in [-0.1, -0.05) is 13.0 Å². The van der Waals surface area contributed by atoms with Gasteiger partial charge in [-0.3, -0.25) is 4.79 Å². The minimum absolute atomic E-state index is 0.181. The second-order valence-electron chi connectivity index (χ2n) is 3.76. The molecule has 3 nitrogen and oxygen atoms in total. The molecule has 0 aliphatic rings. The predicted octanol–water partition coefficient (Wildman–Crippen LogP) is 2.08. The van der Waals surface area contributed by atoms with Crippen molar-refractivity contribution in [3.63, 3.8) is 0 Å². The molecule has 16 heavy (non-hydrogen) atoms. The number of carboxylic acids is 1. The summed E-state index contributed by atoms with van der Waals surface area (Å²) in [6.45, 7) is 1.52. The van der Waals surface area contributed by atoms with E-state index < -0.39 is 29.6 Å². The van der Waals surface area contributed by atoms with Crippen LogP contribution in [-0.2, 0) is 4.79 Å². The summed E-state index contributed by atoms with van der Waals surface area (Å²) in [5.41, 5.74) is 6.10. The SMILES string of the molecule is CC(CC(N)c1ccc(F)c(F)c1)C(=O)O. The molecular weight excluding hydrogens is 216 g/mol. The Kier molecular flexibility index (Phi) is 3.95. The van der Waals surface area contributed by atoms with Crippen molar-refractivity contribution in [3.05, 3.63) is 35.4 Å². The van der Waals surface area contributed by atoms with Gasteiger partial charge in [0.1, 0.15) is 0 Å². The van der Waals surface area contributed by atoms with Crippen LogP contribution in [0.2, 0.25) is 0 Å². The highest BCUT2D eigenvalue weighted by Crippen LogP contribution is 2.20. The number of rotatable bonds is 4. The van der Waals surface area contributed by atoms with Gasteiger partial charge in [-0.25, -0.2) is 8.78 Å². The lowest BCUT2D eigenvalue weighted by atomic mass is 9.96. The fourth-order valence-electron chi connectivity index (χ4n) is 1.36. The number of hydrogen-bond donors (Lipinski definition) is 2. The summed E-state index contributed by atoms with van der Waals surface area (Å²) in [6, 6.07) is 2.73. The predicted molar refractivity (Wildman–Crippen MR) is 54.7 cm³/mol. The van der Waals surface area contributed by atoms with Crippen LogP contribution in [0.15, 0.2) is 18.2 Å². The highest BCUT2D eigenvalue weighted by molar-refractivity contribution is 5.69. The van der Waals surface area contributed by atoms with Gasteiger partial charge in [-0.05, 0) is 24.1 Å². The van der Waals surface area contributed by atoms with Gasteiger partial charge < -0.3 is 10.8 Å². The minimum Gasteiger partial charge on any atom is -0.481 e. The summed E-state index contributed by atoms with van der Waals surface area (Å²) in [5.74, 6) is -3.50. The van der Waals surface area contributed by atoms with E-state index in [0.717, 1.165) is 12.1 Å². The molecule has 0 spiro atoms. The van der Waals surface area contributed by atoms with Crippen LogP contribution in [0.5, 0.6) is 0 Å². The molecule has 0 aliphatic heterocycles. The maximum Gasteiger partial charge on any atom is 0.306 e. The van der Waals surface area contributed by atoms with E-state index >= 15 is 0 Å². The van der Waals surface area contributed by atoms with Crippen LogP contribution in [0, 0.1) is 17.6 Å². The van der Waals surface area contributed by atoms with Crippen LogP contribution in [0.4, 0.5) is 8.78 Å². The molecule has 2 atom stereocenters. The van der Waals surface area contributed by atoms with Gasteiger partial charge in [0.25, 0.3) is 0 Å². The van der Waals surface area contributed by atoms with Gasteiger partial charge >= 0.3 is 5.97 Å². The number of carbonyl (C=O) groups is 1. The van der Waals surface area contributed by atoms with Crippen molar-refractivity contribution in [2.24, 2.45) is 11.7 Å². The molecule has 3 N–H and O–H groups in total. The summed E-state index contributed by atoms with van der Waals surface area (Å²) in [7, 11) is 0. The molecule has 0 fully saturated rings. The number of benzene rings is 1. The van der Waals surface area contributed by atoms with E-state index in [9.17, 15) is 13.6 Å². The Morgan fingerprint density at radius 1 is 1.44 bits per heavy atom. The average molecular weight is 229 g/mol. The Bertz CT molecular complexity index is 396. The highest BCUT2D eigenvalue weighted by atomic mass is 19.2. The van der Waals surface area contributed by atoms with Crippen LogP contribution in [-0.4, -0.2) is 11.1 Å². The maximum atomic E-state index is 12.9. The molecule has 0 saturated heterocycles. The van der Waals surface area contributed by atoms with E-state index in [1.807, 2.05) is 0 Å². The summed E-state index contributed by atoms with van der Waals surface area (Å²) in [4.78, 5) is 10.6. The van der Waals surface area contributed by atoms with Gasteiger partial charge in [0, 0.05) is 6.04 Å². The van der Waals surface area contributed by atoms with Gasteiger partial charge in [-0.2, -0.15) is 0 Å². The highest BCUT2D eigenvalue weighted by Gasteiger charge is 2.17. The monoisotopic (exact) mass is 229 g/mol. The lowest BCUT2D eigenvalue weighted by molar-refractivity contribution is -0.141. The second-order valence-corrected chi connectivity index (χ2v) is 3.76. The summed E-state index contributed by atoms with van der Waals surface area (Å²) < 4.78 is 25.5. The third-order valence-corrected chi connectivity index (χ3v) is 2.40. The molecule has 5 heteroatoms. The van der Waals surface area contributed by atoms with Crippen molar-refractivity contribution in [2.75, 3.05) is 0 Å². The van der Waals surface area contributed by atoms with E-state index in [4.69, 9.17) is 10.8 Å². The van der Waals surface area contributed by atoms with Crippen molar-refractivity contribution in [2.45, 2.75) is 19.4 Å². The molecule has 0 radical (unpaired) electrons. The van der Waals surface area contributed by atoms with Crippen molar-refractivity contribution in [3.8, 4) is 0 Å². The van der Waals surface area contributed by atoms with E-state index in [2.05, 4.69) is 0 Å². The maximum absolute atomic E-state index is 12.9. The van der Waals surface area contributed by atoms with E-state index in [-0.39, 0.29) is 6.42 Å². The third-order valence-electron chi connectivity index (χ3n) is 2.40. The molecule has 2 unspecified atom stereocenters. The first-order chi connectivity index (χ1) is 7.41. The van der Waals surface area contributed by atoms with Gasteiger partial charge in [0.05, 0.1) is 5.92 Å². The number of hydrogen-bond acceptors (Lipinski definition) is 2. The number of halogens is 2. The van der Waals surface area contributed by atoms with Crippen molar-refractivity contribution in [1.29, 1.82) is 0 Å². The lowest BCUT2D eigenvalue weighted by Crippen LogP contribution is -2.19. The fraction of sp³-hybridized carbons (Fsp3) is 0.364. The van der Waals surface area contributed by atoms with Crippen LogP contribution in [0.25, 0.3) is 0 Å². The molecular formula is C11H13F2NO2. The molecule has 1 aromatic carbocycles. The van der Waals surface area contributed by atoms with Crippen LogP contribution in [0.1, 0.15) is 24.9 Å². The molecule has 0 aliphatic carbocycles. The molecule has 0 aromatic heterocycles. The Hall–Kier alpha value is -1.49. The Balaban J connectivity index is 2.76. The number of aliphatic carboxylic acids is 1. The molecule has 0 bridgehead atoms. The molecule has 0 saturated carbocycles. The summed E-state index contributed by atoms with van der Waals surface area (Å²) >= 11 is 0. The van der Waals surface area contributed by atoms with Crippen molar-refractivity contribution >= 4 is 5.97 Å². The fourth-order valence-corrected chi connectivity index (χ4v) is 1.36. The standard InChI is InChI=1S/C11H13F2NO2/c1-6(11(15)16)4-10(14)7-2-3-8(12)9(13)5-7/h2-3,5-6,10H,4,14H2,1H3,(H,15,16). The minimum atomic E-state index is -0.976. The van der Waals surface area contributed by atoms with Gasteiger partial charge in [0.15, 0.2) is 11.6 Å². The van der Waals surface area contributed by atoms with Gasteiger partial charge in [0.2, 0.25) is 0 Å². The summed E-state index contributed by atoms with van der Waals surface area (Å²) in [5, 5.41) is 8.69. The third kappa shape index (κ3) is 3.00. The Labute approximate surface area is 91.9 Å². The quantitative estimate of drug-likeness (QED) is 0.830. The number of nitrogens with two attached hydrogens (primary N) is 1. The zero-order valence-electron chi connectivity index (χ0n) is 8.78. The van der Waals surface area contributed by atoms with Crippen LogP contribution < -0.4 is 5.73 Å². The van der Waals surface area contributed by atoms with Crippen LogP contribution >= 0.6 is 0 Å². The Morgan fingerprint density at radius 2 is 2.06 bits per heavy atom. The van der Waals surface area contributed by atoms with Crippen molar-refractivity contribution in [1.82, 2.24) is 0 Å². The summed E-state index contributed by atoms with van der Waals surface area (Å²) in [6.07, 6.45) is 0.181. The van der Waals surface area contributed by atoms with E-state index in [0.29, 0.717) is 5.56 Å². The molecule has 0 amide bonds. The van der Waals surface area contributed by atoms with E-state index in [1.165, 1.54) is 13.0 Å². The first kappa shape index (κ1) is 12.6. The smallest absolute Gasteiger partial charge is 0.306 e.